The van der Waals surface area contributed by atoms with Gasteiger partial charge in [-0.25, -0.2) is 4.98 Å². The van der Waals surface area contributed by atoms with E-state index in [1.807, 2.05) is 0 Å². The second kappa shape index (κ2) is 3.29. The molecular weight excluding hydrogens is 139 g/mol. The average Bonchev–Trinajstić information content (AvgIpc) is 1.91. The summed E-state index contributed by atoms with van der Waals surface area (Å²) in [6.45, 7) is 0. The first-order chi connectivity index (χ1) is 4.43. The quantitative estimate of drug-likeness (QED) is 0.643. The fourth-order valence-corrected chi connectivity index (χ4v) is 0.662. The van der Waals surface area contributed by atoms with E-state index in [-0.39, 0.29) is 12.3 Å². The van der Waals surface area contributed by atoms with Crippen LogP contribution >= 0.6 is 12.3 Å². The monoisotopic (exact) mass is 144 g/mol. The molecule has 0 aliphatic carbocycles. The van der Waals surface area contributed by atoms with Gasteiger partial charge in [0.15, 0.2) is 12.3 Å². The number of nitrogens with one attached hydrogen (secondary N) is 1. The van der Waals surface area contributed by atoms with Crippen molar-refractivity contribution >= 4 is 18.2 Å². The fraction of sp³-hybridized carbons (Fsp3) is 0. The Kier molecular flexibility index (Phi) is 2.32. The molecule has 0 atom stereocenters. The van der Waals surface area contributed by atoms with Crippen molar-refractivity contribution in [2.45, 2.75) is 0 Å². The molecule has 48 valence electrons. The molecule has 0 aromatic carbocycles. The third-order valence-electron chi connectivity index (χ3n) is 0.808. The van der Waals surface area contributed by atoms with Crippen molar-refractivity contribution in [1.29, 1.82) is 0 Å². The normalized spacial score (nSPS) is 9.00. The summed E-state index contributed by atoms with van der Waals surface area (Å²) in [5, 5.41) is 0. The van der Waals surface area contributed by atoms with Crippen molar-refractivity contribution in [2.24, 2.45) is 0 Å². The van der Waals surface area contributed by atoms with Crippen LogP contribution in [0.5, 0.6) is 0 Å². The molecule has 1 aromatic rings. The Balaban J connectivity index is 2.61. The van der Waals surface area contributed by atoms with Crippen molar-refractivity contribution < 1.29 is 3.89 Å². The highest BCUT2D eigenvalue weighted by Gasteiger charge is 1.86. The second-order valence-corrected chi connectivity index (χ2v) is 1.75. The lowest BCUT2D eigenvalue weighted by Gasteiger charge is -1.93. The van der Waals surface area contributed by atoms with Crippen molar-refractivity contribution in [3.8, 4) is 0 Å². The number of halogens is 1. The summed E-state index contributed by atoms with van der Waals surface area (Å²) in [7, 11) is 0. The van der Waals surface area contributed by atoms with E-state index in [1.54, 1.807) is 24.4 Å². The SMILES string of the molecule is FSNc1ccccn1. The van der Waals surface area contributed by atoms with Crippen LogP contribution in [0.4, 0.5) is 9.70 Å². The maximum absolute atomic E-state index is 11.4. The molecule has 0 fully saturated rings. The van der Waals surface area contributed by atoms with Gasteiger partial charge in [-0.15, -0.1) is 3.89 Å². The molecule has 1 rings (SSSR count). The Morgan fingerprint density at radius 2 is 2.44 bits per heavy atom. The molecule has 0 unspecified atom stereocenters. The summed E-state index contributed by atoms with van der Waals surface area (Å²) in [5.74, 6) is 0.532. The van der Waals surface area contributed by atoms with Gasteiger partial charge in [-0.3, -0.25) is 4.72 Å². The lowest BCUT2D eigenvalue weighted by molar-refractivity contribution is 0.942. The van der Waals surface area contributed by atoms with Crippen LogP contribution in [-0.2, 0) is 0 Å². The van der Waals surface area contributed by atoms with Gasteiger partial charge in [-0.05, 0) is 12.1 Å². The van der Waals surface area contributed by atoms with Crippen molar-refractivity contribution in [2.75, 3.05) is 4.72 Å². The maximum atomic E-state index is 11.4. The fourth-order valence-electron chi connectivity index (χ4n) is 0.463. The highest BCUT2D eigenvalue weighted by atomic mass is 32.2. The Bertz CT molecular complexity index is 168. The number of pyridine rings is 1. The molecule has 0 saturated carbocycles. The summed E-state index contributed by atoms with van der Waals surface area (Å²) in [4.78, 5) is 3.80. The van der Waals surface area contributed by atoms with Crippen molar-refractivity contribution in [1.82, 2.24) is 4.98 Å². The predicted octanol–water partition coefficient (Wildman–Crippen LogP) is 2.03. The van der Waals surface area contributed by atoms with Gasteiger partial charge < -0.3 is 0 Å². The minimum atomic E-state index is 0.0422. The molecule has 0 saturated heterocycles. The van der Waals surface area contributed by atoms with Crippen LogP contribution < -0.4 is 4.72 Å². The van der Waals surface area contributed by atoms with Crippen LogP contribution in [0, 0.1) is 0 Å². The first-order valence-electron chi connectivity index (χ1n) is 2.38. The standard InChI is InChI=1S/C5H5FN2S/c6-9-8-5-3-1-2-4-7-5/h1-4H,(H,7,8). The first-order valence-corrected chi connectivity index (χ1v) is 3.10. The minimum Gasteiger partial charge on any atom is -0.287 e. The van der Waals surface area contributed by atoms with E-state index in [2.05, 4.69) is 9.71 Å². The van der Waals surface area contributed by atoms with Gasteiger partial charge in [-0.2, -0.15) is 0 Å². The number of hydrogen-bond acceptors (Lipinski definition) is 3. The van der Waals surface area contributed by atoms with Crippen molar-refractivity contribution in [3.63, 3.8) is 0 Å². The number of anilines is 1. The van der Waals surface area contributed by atoms with Crippen LogP contribution in [0.15, 0.2) is 24.4 Å². The maximum Gasteiger partial charge on any atom is 0.163 e. The zero-order chi connectivity index (χ0) is 6.53. The summed E-state index contributed by atoms with van der Waals surface area (Å²) < 4.78 is 13.8. The van der Waals surface area contributed by atoms with Gasteiger partial charge in [0.05, 0.1) is 0 Å². The average molecular weight is 144 g/mol. The third-order valence-corrected chi connectivity index (χ3v) is 1.09. The zero-order valence-corrected chi connectivity index (χ0v) is 5.36. The van der Waals surface area contributed by atoms with E-state index < -0.39 is 0 Å². The van der Waals surface area contributed by atoms with Gasteiger partial charge >= 0.3 is 0 Å². The van der Waals surface area contributed by atoms with Crippen LogP contribution in [-0.4, -0.2) is 4.98 Å². The number of rotatable bonds is 2. The summed E-state index contributed by atoms with van der Waals surface area (Å²) in [6.07, 6.45) is 1.60. The lowest BCUT2D eigenvalue weighted by Crippen LogP contribution is -1.84. The minimum absolute atomic E-state index is 0.0422. The lowest BCUT2D eigenvalue weighted by atomic mass is 10.5. The largest absolute Gasteiger partial charge is 0.287 e. The van der Waals surface area contributed by atoms with E-state index in [1.165, 1.54) is 0 Å². The molecule has 2 nitrogen and oxygen atoms in total. The van der Waals surface area contributed by atoms with Crippen LogP contribution in [0.1, 0.15) is 0 Å². The molecule has 1 heterocycles. The molecule has 0 aliphatic heterocycles. The Morgan fingerprint density at radius 3 is 3.00 bits per heavy atom. The molecule has 1 aromatic heterocycles. The van der Waals surface area contributed by atoms with E-state index in [9.17, 15) is 3.89 Å². The van der Waals surface area contributed by atoms with Gasteiger partial charge in [0.1, 0.15) is 5.82 Å². The molecule has 0 spiro atoms. The summed E-state index contributed by atoms with van der Waals surface area (Å²) in [5.41, 5.74) is 0. The van der Waals surface area contributed by atoms with Crippen LogP contribution in [0.3, 0.4) is 0 Å². The molecule has 1 N–H and O–H groups in total. The molecule has 0 amide bonds. The molecule has 4 heteroatoms. The van der Waals surface area contributed by atoms with Crippen LogP contribution in [0.25, 0.3) is 0 Å². The summed E-state index contributed by atoms with van der Waals surface area (Å²) in [6, 6.07) is 5.24. The Labute approximate surface area is 56.9 Å². The number of nitrogens with zero attached hydrogens (tertiary/aromatic N) is 1. The van der Waals surface area contributed by atoms with E-state index in [0.29, 0.717) is 5.82 Å². The number of aromatic nitrogens is 1. The van der Waals surface area contributed by atoms with Gasteiger partial charge in [-0.1, -0.05) is 6.07 Å². The molecule has 0 bridgehead atoms. The molecule has 0 aliphatic rings. The highest BCUT2D eigenvalue weighted by Crippen LogP contribution is 2.07. The molecule has 0 radical (unpaired) electrons. The number of hydrogen-bond donors (Lipinski definition) is 1. The zero-order valence-electron chi connectivity index (χ0n) is 4.54. The van der Waals surface area contributed by atoms with Gasteiger partial charge in [0.25, 0.3) is 0 Å². The topological polar surface area (TPSA) is 24.9 Å². The van der Waals surface area contributed by atoms with E-state index in [4.69, 9.17) is 0 Å². The van der Waals surface area contributed by atoms with Crippen LogP contribution in [0.2, 0.25) is 0 Å². The smallest absolute Gasteiger partial charge is 0.163 e. The van der Waals surface area contributed by atoms with Gasteiger partial charge in [0, 0.05) is 6.20 Å². The highest BCUT2D eigenvalue weighted by molar-refractivity contribution is 7.95. The predicted molar refractivity (Wildman–Crippen MR) is 36.6 cm³/mol. The Hall–Kier alpha value is -0.770. The van der Waals surface area contributed by atoms with E-state index >= 15 is 0 Å². The van der Waals surface area contributed by atoms with Crippen molar-refractivity contribution in [3.05, 3.63) is 24.4 Å². The third kappa shape index (κ3) is 1.89. The summed E-state index contributed by atoms with van der Waals surface area (Å²) >= 11 is 0.0422. The molecular formula is C5H5FN2S. The van der Waals surface area contributed by atoms with Gasteiger partial charge in [0.2, 0.25) is 0 Å². The Morgan fingerprint density at radius 1 is 1.56 bits per heavy atom. The molecule has 9 heavy (non-hydrogen) atoms. The first kappa shape index (κ1) is 6.35. The van der Waals surface area contributed by atoms with E-state index in [0.717, 1.165) is 0 Å². The second-order valence-electron chi connectivity index (χ2n) is 1.39.